The maximum absolute atomic E-state index is 9.07. The van der Waals surface area contributed by atoms with E-state index in [1.54, 1.807) is 0 Å². The van der Waals surface area contributed by atoms with Crippen LogP contribution in [0, 0.1) is 18.3 Å². The largest absolute Gasteiger partial charge is 0.364 e. The number of nitrogens with one attached hydrogen (secondary N) is 1. The third-order valence-corrected chi connectivity index (χ3v) is 4.62. The second-order valence-corrected chi connectivity index (χ2v) is 6.05. The molecule has 3 rings (SSSR count). The number of aryl methyl sites for hydroxylation is 3. The van der Waals surface area contributed by atoms with Gasteiger partial charge in [0.25, 0.3) is 0 Å². The van der Waals surface area contributed by atoms with Crippen molar-refractivity contribution in [1.29, 1.82) is 5.26 Å². The summed E-state index contributed by atoms with van der Waals surface area (Å²) < 4.78 is 0. The number of fused-ring (bicyclic) bond motifs is 1. The lowest BCUT2D eigenvalue weighted by Gasteiger charge is -2.06. The molecule has 0 atom stereocenters. The third-order valence-electron chi connectivity index (χ3n) is 3.38. The molecule has 0 amide bonds. The van der Waals surface area contributed by atoms with Crippen molar-refractivity contribution in [2.45, 2.75) is 32.7 Å². The Hall–Kier alpha value is -1.86. The number of aromatic nitrogens is 1. The van der Waals surface area contributed by atoms with Gasteiger partial charge in [-0.25, -0.2) is 4.98 Å². The first kappa shape index (κ1) is 12.2. The Morgan fingerprint density at radius 3 is 3.11 bits per heavy atom. The molecule has 0 unspecified atom stereocenters. The van der Waals surface area contributed by atoms with E-state index in [9.17, 15) is 0 Å². The number of hydrogen-bond donors (Lipinski definition) is 1. The molecule has 0 bridgehead atoms. The van der Waals surface area contributed by atoms with Crippen molar-refractivity contribution < 1.29 is 0 Å². The van der Waals surface area contributed by atoms with Gasteiger partial charge >= 0.3 is 0 Å². The van der Waals surface area contributed by atoms with Crippen LogP contribution in [0.1, 0.15) is 33.0 Å². The lowest BCUT2D eigenvalue weighted by molar-refractivity contribution is 0.913. The first-order chi connectivity index (χ1) is 9.26. The highest BCUT2D eigenvalue weighted by atomic mass is 32.1. The Bertz CT molecular complexity index is 630. The summed E-state index contributed by atoms with van der Waals surface area (Å²) in [7, 11) is 0. The predicted molar refractivity (Wildman–Crippen MR) is 77.4 cm³/mol. The summed E-state index contributed by atoms with van der Waals surface area (Å²) in [5, 5.41) is 12.4. The fourth-order valence-electron chi connectivity index (χ4n) is 2.43. The van der Waals surface area contributed by atoms with Crippen LogP contribution in [0.3, 0.4) is 0 Å². The molecular weight excluding hydrogens is 254 g/mol. The number of nitrogens with zero attached hydrogens (tertiary/aromatic N) is 2. The average Bonchev–Trinajstić information content (AvgIpc) is 2.97. The minimum Gasteiger partial charge on any atom is -0.364 e. The lowest BCUT2D eigenvalue weighted by atomic mass is 10.2. The lowest BCUT2D eigenvalue weighted by Crippen LogP contribution is -2.03. The summed E-state index contributed by atoms with van der Waals surface area (Å²) in [4.78, 5) is 7.26. The SMILES string of the molecule is Cc1ccc(C#N)c(NCc2cc3c(s2)CCC3)n1. The maximum Gasteiger partial charge on any atom is 0.144 e. The van der Waals surface area contributed by atoms with E-state index in [0.29, 0.717) is 11.4 Å². The monoisotopic (exact) mass is 269 g/mol. The van der Waals surface area contributed by atoms with Crippen LogP contribution in [-0.4, -0.2) is 4.98 Å². The van der Waals surface area contributed by atoms with Crippen LogP contribution in [-0.2, 0) is 19.4 Å². The van der Waals surface area contributed by atoms with Crippen LogP contribution in [0.5, 0.6) is 0 Å². The Kier molecular flexibility index (Phi) is 3.22. The van der Waals surface area contributed by atoms with Crippen LogP contribution in [0.15, 0.2) is 18.2 Å². The van der Waals surface area contributed by atoms with E-state index < -0.39 is 0 Å². The van der Waals surface area contributed by atoms with Crippen LogP contribution in [0.2, 0.25) is 0 Å². The first-order valence-electron chi connectivity index (χ1n) is 6.48. The molecule has 96 valence electrons. The Balaban J connectivity index is 1.75. The van der Waals surface area contributed by atoms with Crippen LogP contribution in [0.25, 0.3) is 0 Å². The molecule has 0 aromatic carbocycles. The quantitative estimate of drug-likeness (QED) is 0.928. The molecule has 0 spiro atoms. The highest BCUT2D eigenvalue weighted by Crippen LogP contribution is 2.31. The number of pyridine rings is 1. The number of anilines is 1. The van der Waals surface area contributed by atoms with Gasteiger partial charge < -0.3 is 5.32 Å². The topological polar surface area (TPSA) is 48.7 Å². The van der Waals surface area contributed by atoms with Gasteiger partial charge in [-0.15, -0.1) is 11.3 Å². The Morgan fingerprint density at radius 2 is 2.32 bits per heavy atom. The molecular formula is C15H15N3S. The van der Waals surface area contributed by atoms with E-state index in [1.807, 2.05) is 30.4 Å². The number of hydrogen-bond acceptors (Lipinski definition) is 4. The smallest absolute Gasteiger partial charge is 0.144 e. The minimum atomic E-state index is 0.606. The fraction of sp³-hybridized carbons (Fsp3) is 0.333. The summed E-state index contributed by atoms with van der Waals surface area (Å²) in [6.07, 6.45) is 3.75. The molecule has 0 aliphatic heterocycles. The molecule has 1 aliphatic carbocycles. The van der Waals surface area contributed by atoms with Gasteiger partial charge in [-0.05, 0) is 49.9 Å². The molecule has 0 fully saturated rings. The molecule has 2 aromatic heterocycles. The fourth-order valence-corrected chi connectivity index (χ4v) is 3.63. The molecule has 0 radical (unpaired) electrons. The summed E-state index contributed by atoms with van der Waals surface area (Å²) in [5.74, 6) is 0.691. The summed E-state index contributed by atoms with van der Waals surface area (Å²) in [6.45, 7) is 2.69. The van der Waals surface area contributed by atoms with Crippen molar-refractivity contribution >= 4 is 17.2 Å². The van der Waals surface area contributed by atoms with Crippen molar-refractivity contribution in [2.75, 3.05) is 5.32 Å². The predicted octanol–water partition coefficient (Wildman–Crippen LogP) is 3.42. The van der Waals surface area contributed by atoms with Gasteiger partial charge in [0.05, 0.1) is 12.1 Å². The van der Waals surface area contributed by atoms with E-state index in [4.69, 9.17) is 5.26 Å². The zero-order valence-corrected chi connectivity index (χ0v) is 11.7. The number of nitriles is 1. The van der Waals surface area contributed by atoms with E-state index >= 15 is 0 Å². The molecule has 3 nitrogen and oxygen atoms in total. The minimum absolute atomic E-state index is 0.606. The van der Waals surface area contributed by atoms with Crippen molar-refractivity contribution in [1.82, 2.24) is 4.98 Å². The summed E-state index contributed by atoms with van der Waals surface area (Å²) in [6, 6.07) is 8.15. The van der Waals surface area contributed by atoms with Gasteiger partial charge in [0.2, 0.25) is 0 Å². The van der Waals surface area contributed by atoms with Gasteiger partial charge in [-0.1, -0.05) is 0 Å². The highest BCUT2D eigenvalue weighted by Gasteiger charge is 2.14. The first-order valence-corrected chi connectivity index (χ1v) is 7.30. The molecule has 0 saturated carbocycles. The van der Waals surface area contributed by atoms with Crippen LogP contribution < -0.4 is 5.32 Å². The molecule has 1 aliphatic rings. The maximum atomic E-state index is 9.07. The van der Waals surface area contributed by atoms with Crippen molar-refractivity contribution in [3.05, 3.63) is 44.8 Å². The van der Waals surface area contributed by atoms with E-state index in [0.717, 1.165) is 12.2 Å². The summed E-state index contributed by atoms with van der Waals surface area (Å²) >= 11 is 1.89. The Morgan fingerprint density at radius 1 is 1.42 bits per heavy atom. The van der Waals surface area contributed by atoms with Crippen LogP contribution >= 0.6 is 11.3 Å². The van der Waals surface area contributed by atoms with Gasteiger partial charge in [-0.2, -0.15) is 5.26 Å². The van der Waals surface area contributed by atoms with Gasteiger partial charge in [-0.3, -0.25) is 0 Å². The van der Waals surface area contributed by atoms with Gasteiger partial charge in [0.15, 0.2) is 0 Å². The molecule has 2 heterocycles. The van der Waals surface area contributed by atoms with Crippen molar-refractivity contribution in [2.24, 2.45) is 0 Å². The number of thiophene rings is 1. The second kappa shape index (κ2) is 5.02. The van der Waals surface area contributed by atoms with Crippen molar-refractivity contribution in [3.63, 3.8) is 0 Å². The third kappa shape index (κ3) is 2.47. The van der Waals surface area contributed by atoms with Crippen LogP contribution in [0.4, 0.5) is 5.82 Å². The standard InChI is InChI=1S/C15H15N3S/c1-10-5-6-12(8-16)15(18-10)17-9-13-7-11-3-2-4-14(11)19-13/h5-7H,2-4,9H2,1H3,(H,17,18). The van der Waals surface area contributed by atoms with Gasteiger partial charge in [0.1, 0.15) is 11.9 Å². The molecule has 19 heavy (non-hydrogen) atoms. The molecule has 4 heteroatoms. The van der Waals surface area contributed by atoms with E-state index in [-0.39, 0.29) is 0 Å². The Labute approximate surface area is 116 Å². The second-order valence-electron chi connectivity index (χ2n) is 4.83. The van der Waals surface area contributed by atoms with Gasteiger partial charge in [0, 0.05) is 15.4 Å². The number of rotatable bonds is 3. The molecule has 1 N–H and O–H groups in total. The zero-order chi connectivity index (χ0) is 13.2. The molecule has 0 saturated heterocycles. The van der Waals surface area contributed by atoms with E-state index in [1.165, 1.54) is 34.6 Å². The zero-order valence-electron chi connectivity index (χ0n) is 10.9. The normalized spacial score (nSPS) is 13.1. The van der Waals surface area contributed by atoms with Crippen molar-refractivity contribution in [3.8, 4) is 6.07 Å². The average molecular weight is 269 g/mol. The summed E-state index contributed by atoms with van der Waals surface area (Å²) in [5.41, 5.74) is 3.05. The molecule has 2 aromatic rings. The van der Waals surface area contributed by atoms with E-state index in [2.05, 4.69) is 22.4 Å². The highest BCUT2D eigenvalue weighted by molar-refractivity contribution is 7.12.